The zero-order valence-electron chi connectivity index (χ0n) is 23.8. The van der Waals surface area contributed by atoms with Crippen molar-refractivity contribution < 1.29 is 18.4 Å². The average molecular weight is 624 g/mol. The van der Waals surface area contributed by atoms with E-state index in [-0.39, 0.29) is 46.6 Å². The van der Waals surface area contributed by atoms with Gasteiger partial charge in [0, 0.05) is 42.8 Å². The van der Waals surface area contributed by atoms with E-state index in [0.717, 1.165) is 30.7 Å². The van der Waals surface area contributed by atoms with Crippen LogP contribution in [-0.4, -0.2) is 55.5 Å². The summed E-state index contributed by atoms with van der Waals surface area (Å²) in [6.07, 6.45) is 5.62. The number of primary amides is 1. The van der Waals surface area contributed by atoms with Crippen molar-refractivity contribution in [1.82, 2.24) is 24.4 Å². The molecule has 1 saturated heterocycles. The molecule has 2 aliphatic rings. The highest BCUT2D eigenvalue weighted by Gasteiger charge is 2.30. The second-order valence-electron chi connectivity index (χ2n) is 11.2. The number of likely N-dealkylation sites (tertiary alicyclic amines) is 1. The number of imidazole rings is 1. The Bertz CT molecular complexity index is 1660. The molecule has 2 aromatic heterocycles. The SMILES string of the molecule is NC(=O)[C@H]1CC[C@@H](n2c(Nc3c(F)cc(F)cc3Cl)nc3cnc(N[C@@H]4CCCN(C(=O)Nc5ccccc5)C4)nc32)CC1. The first-order valence-corrected chi connectivity index (χ1v) is 15.0. The summed E-state index contributed by atoms with van der Waals surface area (Å²) in [6.45, 7) is 1.10. The van der Waals surface area contributed by atoms with E-state index in [1.165, 1.54) is 0 Å². The number of urea groups is 1. The molecule has 1 aliphatic carbocycles. The summed E-state index contributed by atoms with van der Waals surface area (Å²) in [5, 5.41) is 9.11. The third-order valence-corrected chi connectivity index (χ3v) is 8.51. The smallest absolute Gasteiger partial charge is 0.321 e. The Balaban J connectivity index is 1.26. The van der Waals surface area contributed by atoms with Gasteiger partial charge in [0.25, 0.3) is 0 Å². The first-order valence-electron chi connectivity index (χ1n) is 14.6. The molecular formula is C30H32ClF2N9O2. The van der Waals surface area contributed by atoms with Crippen molar-refractivity contribution in [3.8, 4) is 0 Å². The van der Waals surface area contributed by atoms with Crippen LogP contribution in [0.5, 0.6) is 0 Å². The quantitative estimate of drug-likeness (QED) is 0.203. The maximum atomic E-state index is 14.8. The number of aromatic nitrogens is 4. The lowest BCUT2D eigenvalue weighted by Crippen LogP contribution is -2.47. The van der Waals surface area contributed by atoms with Gasteiger partial charge in [0.1, 0.15) is 11.3 Å². The largest absolute Gasteiger partial charge is 0.369 e. The van der Waals surface area contributed by atoms with Gasteiger partial charge < -0.3 is 26.6 Å². The number of carbonyl (C=O) groups is 2. The number of benzene rings is 2. The van der Waals surface area contributed by atoms with Crippen LogP contribution in [0, 0.1) is 17.6 Å². The number of nitrogens with zero attached hydrogens (tertiary/aromatic N) is 5. The number of hydrogen-bond acceptors (Lipinski definition) is 7. The molecular weight excluding hydrogens is 592 g/mol. The van der Waals surface area contributed by atoms with Crippen LogP contribution in [0.25, 0.3) is 11.2 Å². The molecule has 0 radical (unpaired) electrons. The number of nitrogens with one attached hydrogen (secondary N) is 3. The molecule has 1 atom stereocenters. The summed E-state index contributed by atoms with van der Waals surface area (Å²) in [5.74, 6) is -1.58. The second kappa shape index (κ2) is 12.6. The predicted octanol–water partition coefficient (Wildman–Crippen LogP) is 5.83. The average Bonchev–Trinajstić information content (AvgIpc) is 3.37. The molecule has 0 bridgehead atoms. The van der Waals surface area contributed by atoms with Gasteiger partial charge in [-0.05, 0) is 56.7 Å². The Morgan fingerprint density at radius 3 is 2.52 bits per heavy atom. The van der Waals surface area contributed by atoms with Crippen molar-refractivity contribution in [3.05, 3.63) is 65.3 Å². The third-order valence-electron chi connectivity index (χ3n) is 8.21. The number of para-hydroxylation sites is 1. The lowest BCUT2D eigenvalue weighted by atomic mass is 9.85. The van der Waals surface area contributed by atoms with E-state index in [4.69, 9.17) is 22.3 Å². The van der Waals surface area contributed by atoms with E-state index < -0.39 is 11.6 Å². The van der Waals surface area contributed by atoms with Crippen molar-refractivity contribution >= 4 is 58.0 Å². The Hall–Kier alpha value is -4.52. The van der Waals surface area contributed by atoms with Crippen LogP contribution in [-0.2, 0) is 4.79 Å². The minimum absolute atomic E-state index is 0.0881. The molecule has 14 heteroatoms. The van der Waals surface area contributed by atoms with Gasteiger partial charge in [-0.2, -0.15) is 4.98 Å². The number of halogens is 3. The van der Waals surface area contributed by atoms with Crippen LogP contribution in [0.3, 0.4) is 0 Å². The summed E-state index contributed by atoms with van der Waals surface area (Å²) in [7, 11) is 0. The molecule has 230 valence electrons. The van der Waals surface area contributed by atoms with Crippen molar-refractivity contribution in [2.45, 2.75) is 50.6 Å². The monoisotopic (exact) mass is 623 g/mol. The van der Waals surface area contributed by atoms with Gasteiger partial charge in [-0.15, -0.1) is 0 Å². The first kappa shape index (κ1) is 29.5. The van der Waals surface area contributed by atoms with Gasteiger partial charge in [0.2, 0.25) is 17.8 Å². The molecule has 3 amide bonds. The summed E-state index contributed by atoms with van der Waals surface area (Å²) < 4.78 is 30.3. The number of hydrogen-bond donors (Lipinski definition) is 4. The molecule has 2 aromatic carbocycles. The zero-order chi connectivity index (χ0) is 30.8. The van der Waals surface area contributed by atoms with E-state index in [1.54, 1.807) is 11.1 Å². The molecule has 4 aromatic rings. The topological polar surface area (TPSA) is 143 Å². The van der Waals surface area contributed by atoms with E-state index in [0.29, 0.717) is 55.9 Å². The number of carbonyl (C=O) groups excluding carboxylic acids is 2. The molecule has 6 rings (SSSR count). The number of piperidine rings is 1. The standard InChI is InChI=1S/C30H32ClF2N9O2/c31-22-13-18(32)14-23(33)25(22)39-29-38-24-15-35-28(40-27(24)42(29)21-10-8-17(9-11-21)26(34)43)36-20-7-4-12-41(16-20)30(44)37-19-5-2-1-3-6-19/h1-3,5-6,13-15,17,20-21H,4,7-12,16H2,(H2,34,43)(H,37,44)(H,38,39)(H,35,36,40)/t17-,20-,21+/m1/s1. The first-order chi connectivity index (χ1) is 21.2. The van der Waals surface area contributed by atoms with Crippen LogP contribution < -0.4 is 21.7 Å². The molecule has 3 heterocycles. The molecule has 0 spiro atoms. The summed E-state index contributed by atoms with van der Waals surface area (Å²) >= 11 is 6.19. The van der Waals surface area contributed by atoms with Crippen LogP contribution in [0.2, 0.25) is 5.02 Å². The van der Waals surface area contributed by atoms with Gasteiger partial charge in [0.05, 0.1) is 16.9 Å². The van der Waals surface area contributed by atoms with E-state index in [9.17, 15) is 18.4 Å². The summed E-state index contributed by atoms with van der Waals surface area (Å²) in [6, 6.07) is 10.7. The van der Waals surface area contributed by atoms with Gasteiger partial charge >= 0.3 is 6.03 Å². The highest BCUT2D eigenvalue weighted by atomic mass is 35.5. The highest BCUT2D eigenvalue weighted by Crippen LogP contribution is 2.38. The predicted molar refractivity (Wildman–Crippen MR) is 164 cm³/mol. The molecule has 0 unspecified atom stereocenters. The van der Waals surface area contributed by atoms with Crippen molar-refractivity contribution in [1.29, 1.82) is 0 Å². The minimum atomic E-state index is -0.863. The van der Waals surface area contributed by atoms with E-state index in [1.807, 2.05) is 34.9 Å². The molecule has 1 saturated carbocycles. The lowest BCUT2D eigenvalue weighted by Gasteiger charge is -2.33. The molecule has 5 N–H and O–H groups in total. The molecule has 44 heavy (non-hydrogen) atoms. The minimum Gasteiger partial charge on any atom is -0.369 e. The van der Waals surface area contributed by atoms with E-state index >= 15 is 0 Å². The van der Waals surface area contributed by atoms with Gasteiger partial charge in [-0.3, -0.25) is 9.36 Å². The number of rotatable bonds is 7. The number of fused-ring (bicyclic) bond motifs is 1. The fourth-order valence-corrected chi connectivity index (χ4v) is 6.21. The second-order valence-corrected chi connectivity index (χ2v) is 11.6. The Morgan fingerprint density at radius 1 is 1.02 bits per heavy atom. The Kier molecular flexibility index (Phi) is 8.47. The van der Waals surface area contributed by atoms with Crippen LogP contribution in [0.15, 0.2) is 48.7 Å². The third kappa shape index (κ3) is 6.37. The highest BCUT2D eigenvalue weighted by molar-refractivity contribution is 6.33. The number of anilines is 4. The molecule has 11 nitrogen and oxygen atoms in total. The fourth-order valence-electron chi connectivity index (χ4n) is 5.97. The van der Waals surface area contributed by atoms with Gasteiger partial charge in [0.15, 0.2) is 11.5 Å². The zero-order valence-corrected chi connectivity index (χ0v) is 24.5. The number of amides is 3. The lowest BCUT2D eigenvalue weighted by molar-refractivity contribution is -0.122. The van der Waals surface area contributed by atoms with Crippen LogP contribution >= 0.6 is 11.6 Å². The summed E-state index contributed by atoms with van der Waals surface area (Å²) in [4.78, 5) is 40.4. The maximum absolute atomic E-state index is 14.8. The Morgan fingerprint density at radius 2 is 1.80 bits per heavy atom. The van der Waals surface area contributed by atoms with Crippen molar-refractivity contribution in [3.63, 3.8) is 0 Å². The van der Waals surface area contributed by atoms with E-state index in [2.05, 4.69) is 25.9 Å². The van der Waals surface area contributed by atoms with Crippen LogP contribution in [0.1, 0.15) is 44.6 Å². The Labute approximate surface area is 257 Å². The number of nitrogens with two attached hydrogens (primary N) is 1. The normalized spacial score (nSPS) is 20.3. The fraction of sp³-hybridized carbons (Fsp3) is 0.367. The maximum Gasteiger partial charge on any atom is 0.321 e. The summed E-state index contributed by atoms with van der Waals surface area (Å²) in [5.41, 5.74) is 7.13. The van der Waals surface area contributed by atoms with Gasteiger partial charge in [-0.25, -0.2) is 23.5 Å². The molecule has 2 fully saturated rings. The van der Waals surface area contributed by atoms with Gasteiger partial charge in [-0.1, -0.05) is 29.8 Å². The molecule has 1 aliphatic heterocycles. The van der Waals surface area contributed by atoms with Crippen molar-refractivity contribution in [2.75, 3.05) is 29.0 Å². The van der Waals surface area contributed by atoms with Crippen molar-refractivity contribution in [2.24, 2.45) is 11.7 Å². The van der Waals surface area contributed by atoms with Crippen LogP contribution in [0.4, 0.5) is 36.8 Å².